The van der Waals surface area contributed by atoms with Crippen LogP contribution in [0.1, 0.15) is 82.1 Å². The van der Waals surface area contributed by atoms with Gasteiger partial charge in [0.15, 0.2) is 20.2 Å². The van der Waals surface area contributed by atoms with E-state index in [2.05, 4.69) is 14.2 Å². The van der Waals surface area contributed by atoms with Crippen molar-refractivity contribution in [3.05, 3.63) is 0 Å². The van der Waals surface area contributed by atoms with E-state index in [0.29, 0.717) is 12.8 Å². The molecule has 0 aromatic rings. The molecule has 0 aliphatic heterocycles. The topological polar surface area (TPSA) is 220 Å². The van der Waals surface area contributed by atoms with Gasteiger partial charge in [0.05, 0.1) is 24.0 Å². The Morgan fingerprint density at radius 2 is 0.773 bits per heavy atom. The van der Waals surface area contributed by atoms with Crippen molar-refractivity contribution in [1.82, 2.24) is 0 Å². The van der Waals surface area contributed by atoms with Crippen LogP contribution in [0.25, 0.3) is 0 Å². The Kier molecular flexibility index (Phi) is 20.9. The molecule has 0 spiro atoms. The third kappa shape index (κ3) is 15.4. The fraction of sp³-hybridized carbons (Fsp3) is 0.833. The highest BCUT2D eigenvalue weighted by Crippen LogP contribution is 2.24. The van der Waals surface area contributed by atoms with Crippen molar-refractivity contribution in [3.63, 3.8) is 0 Å². The first-order valence-corrected chi connectivity index (χ1v) is 14.9. The summed E-state index contributed by atoms with van der Waals surface area (Å²) in [4.78, 5) is 44.5. The molecule has 0 saturated heterocycles. The molecule has 0 atom stereocenters. The van der Waals surface area contributed by atoms with Gasteiger partial charge in [-0.2, -0.15) is 17.6 Å². The Balaban J connectivity index is -0.000000349. The first-order chi connectivity index (χ1) is 18.7. The van der Waals surface area contributed by atoms with E-state index in [-0.39, 0.29) is 34.3 Å². The molecule has 0 aliphatic carbocycles. The summed E-state index contributed by atoms with van der Waals surface area (Å²) in [7, 11) is -12.3. The number of esters is 4. The summed E-state index contributed by atoms with van der Waals surface area (Å²) in [5.41, 5.74) is -1.41. The smallest absolute Gasteiger partial charge is 0.428 e. The standard InChI is InChI=1S/C12H20F2O7S.C10H16F2O7S.2CH4/c1-4-11(2,3)9(15)20-7-5-6-8-21-10(16)12(13,14)22(17,18)19;1-4-9(2,3)7(13)18-5-6-19-8(14)10(11,12)20(15,16)17;;/h4-8H2,1-3H3,(H,17,18,19);4-6H2,1-3H3,(H,15,16,17);2*1H4/p-2. The van der Waals surface area contributed by atoms with E-state index in [1.807, 2.05) is 6.92 Å². The molecule has 0 aliphatic rings. The molecular weight excluding hydrogens is 652 g/mol. The molecule has 44 heavy (non-hydrogen) atoms. The Bertz CT molecular complexity index is 1150. The predicted octanol–water partition coefficient (Wildman–Crippen LogP) is 3.35. The van der Waals surface area contributed by atoms with E-state index in [1.54, 1.807) is 34.6 Å². The fourth-order valence-electron chi connectivity index (χ4n) is 1.85. The number of ether oxygens (including phenoxy) is 4. The largest absolute Gasteiger partial charge is 0.743 e. The van der Waals surface area contributed by atoms with Crippen molar-refractivity contribution >= 4 is 44.1 Å². The van der Waals surface area contributed by atoms with Gasteiger partial charge in [-0.3, -0.25) is 9.59 Å². The lowest BCUT2D eigenvalue weighted by molar-refractivity contribution is -0.167. The second-order valence-corrected chi connectivity index (χ2v) is 12.5. The Labute approximate surface area is 255 Å². The number of alkyl halides is 4. The normalized spacial score (nSPS) is 12.3. The van der Waals surface area contributed by atoms with E-state index >= 15 is 0 Å². The van der Waals surface area contributed by atoms with Gasteiger partial charge in [0, 0.05) is 0 Å². The summed E-state index contributed by atoms with van der Waals surface area (Å²) in [5, 5.41) is -10.3. The Morgan fingerprint density at radius 1 is 0.545 bits per heavy atom. The van der Waals surface area contributed by atoms with Crippen LogP contribution in [-0.2, 0) is 58.4 Å². The van der Waals surface area contributed by atoms with Crippen LogP contribution in [0.5, 0.6) is 0 Å². The molecule has 0 amide bonds. The Morgan fingerprint density at radius 3 is 1.02 bits per heavy atom. The summed E-state index contributed by atoms with van der Waals surface area (Å²) in [6.45, 7) is 8.36. The Hall–Kier alpha value is -2.58. The molecule has 0 aromatic carbocycles. The zero-order valence-corrected chi connectivity index (χ0v) is 25.3. The summed E-state index contributed by atoms with van der Waals surface area (Å²) < 4.78 is 129. The number of carbonyl (C=O) groups excluding carboxylic acids is 4. The summed E-state index contributed by atoms with van der Waals surface area (Å²) in [6.07, 6.45) is 1.36. The minimum atomic E-state index is -6.15. The van der Waals surface area contributed by atoms with Gasteiger partial charge in [-0.1, -0.05) is 28.7 Å². The predicted molar refractivity (Wildman–Crippen MR) is 144 cm³/mol. The monoisotopic (exact) mass is 694 g/mol. The molecule has 20 heteroatoms. The van der Waals surface area contributed by atoms with Gasteiger partial charge in [0.2, 0.25) is 0 Å². The van der Waals surface area contributed by atoms with Crippen molar-refractivity contribution in [1.29, 1.82) is 0 Å². The second kappa shape index (κ2) is 19.1. The lowest BCUT2D eigenvalue weighted by atomic mass is 9.91. The average Bonchev–Trinajstić information content (AvgIpc) is 2.86. The highest BCUT2D eigenvalue weighted by molar-refractivity contribution is 7.87. The third-order valence-corrected chi connectivity index (χ3v) is 7.12. The van der Waals surface area contributed by atoms with Crippen molar-refractivity contribution in [3.8, 4) is 0 Å². The summed E-state index contributed by atoms with van der Waals surface area (Å²) >= 11 is 0. The van der Waals surface area contributed by atoms with Crippen LogP contribution in [-0.4, -0.2) is 86.8 Å². The molecule has 0 saturated carbocycles. The van der Waals surface area contributed by atoms with Gasteiger partial charge in [0.25, 0.3) is 0 Å². The SMILES string of the molecule is C.C.CCC(C)(C)C(=O)OCCCCOC(=O)C(F)(F)S(=O)(=O)[O-].CCC(C)(C)C(=O)OCCOC(=O)C(F)(F)S(=O)(=O)[O-]. The van der Waals surface area contributed by atoms with Gasteiger partial charge < -0.3 is 28.1 Å². The van der Waals surface area contributed by atoms with E-state index in [4.69, 9.17) is 4.74 Å². The van der Waals surface area contributed by atoms with Crippen molar-refractivity contribution in [2.75, 3.05) is 26.4 Å². The van der Waals surface area contributed by atoms with Gasteiger partial charge in [-0.05, 0) is 53.4 Å². The van der Waals surface area contributed by atoms with Gasteiger partial charge in [-0.15, -0.1) is 0 Å². The number of hydrogen-bond acceptors (Lipinski definition) is 14. The first kappa shape index (κ1) is 48.3. The molecule has 14 nitrogen and oxygen atoms in total. The molecule has 0 aromatic heterocycles. The van der Waals surface area contributed by atoms with Crippen molar-refractivity contribution in [2.45, 2.75) is 92.6 Å². The second-order valence-electron chi connectivity index (χ2n) is 9.67. The van der Waals surface area contributed by atoms with Gasteiger partial charge in [0.1, 0.15) is 13.2 Å². The lowest BCUT2D eigenvalue weighted by Gasteiger charge is -2.21. The van der Waals surface area contributed by atoms with Crippen LogP contribution >= 0.6 is 0 Å². The van der Waals surface area contributed by atoms with E-state index in [1.165, 1.54) is 0 Å². The maximum Gasteiger partial charge on any atom is 0.428 e. The average molecular weight is 695 g/mol. The zero-order valence-electron chi connectivity index (χ0n) is 23.7. The first-order valence-electron chi connectivity index (χ1n) is 12.1. The van der Waals surface area contributed by atoms with Crippen LogP contribution in [0.4, 0.5) is 17.6 Å². The molecular formula is C24H42F4O14S2-2. The van der Waals surface area contributed by atoms with Crippen molar-refractivity contribution < 1.29 is 81.6 Å². The fourth-order valence-corrected chi connectivity index (χ4v) is 2.38. The van der Waals surface area contributed by atoms with E-state index in [0.717, 1.165) is 0 Å². The summed E-state index contributed by atoms with van der Waals surface area (Å²) in [6, 6.07) is 0. The molecule has 0 fully saturated rings. The van der Waals surface area contributed by atoms with Crippen molar-refractivity contribution in [2.24, 2.45) is 10.8 Å². The highest BCUT2D eigenvalue weighted by atomic mass is 32.2. The minimum absolute atomic E-state index is 0. The van der Waals surface area contributed by atoms with Gasteiger partial charge in [-0.25, -0.2) is 26.4 Å². The highest BCUT2D eigenvalue weighted by Gasteiger charge is 2.49. The van der Waals surface area contributed by atoms with Crippen LogP contribution in [0, 0.1) is 10.8 Å². The summed E-state index contributed by atoms with van der Waals surface area (Å²) in [5.74, 6) is -5.94. The molecule has 0 bridgehead atoms. The molecule has 0 N–H and O–H groups in total. The lowest BCUT2D eigenvalue weighted by Crippen LogP contribution is -2.39. The van der Waals surface area contributed by atoms with Crippen LogP contribution in [0.3, 0.4) is 0 Å². The molecule has 0 heterocycles. The van der Waals surface area contributed by atoms with E-state index < -0.39 is 85.3 Å². The maximum atomic E-state index is 12.7. The molecule has 0 radical (unpaired) electrons. The molecule has 264 valence electrons. The van der Waals surface area contributed by atoms with Gasteiger partial charge >= 0.3 is 34.4 Å². The number of rotatable bonds is 16. The molecule has 0 rings (SSSR count). The quantitative estimate of drug-likeness (QED) is 0.0744. The number of hydrogen-bond donors (Lipinski definition) is 0. The number of halogens is 4. The zero-order chi connectivity index (χ0) is 33.8. The third-order valence-electron chi connectivity index (χ3n) is 5.53. The minimum Gasteiger partial charge on any atom is -0.743 e. The van der Waals surface area contributed by atoms with Crippen LogP contribution < -0.4 is 0 Å². The number of unbranched alkanes of at least 4 members (excludes halogenated alkanes) is 1. The van der Waals surface area contributed by atoms with Crippen LogP contribution in [0.2, 0.25) is 0 Å². The number of carbonyl (C=O) groups is 4. The van der Waals surface area contributed by atoms with E-state index in [9.17, 15) is 62.7 Å². The maximum absolute atomic E-state index is 12.7. The molecule has 0 unspecified atom stereocenters. The van der Waals surface area contributed by atoms with Crippen LogP contribution in [0.15, 0.2) is 0 Å².